The van der Waals surface area contributed by atoms with E-state index in [0.29, 0.717) is 12.8 Å². The van der Waals surface area contributed by atoms with Gasteiger partial charge in [0.15, 0.2) is 9.84 Å². The summed E-state index contributed by atoms with van der Waals surface area (Å²) in [6.45, 7) is 1.30. The van der Waals surface area contributed by atoms with Crippen molar-refractivity contribution in [2.24, 2.45) is 0 Å². The van der Waals surface area contributed by atoms with Gasteiger partial charge in [-0.1, -0.05) is 84.9 Å². The lowest BCUT2D eigenvalue weighted by Gasteiger charge is -2.25. The van der Waals surface area contributed by atoms with Crippen LogP contribution in [-0.2, 0) is 25.8 Å². The second-order valence-electron chi connectivity index (χ2n) is 7.26. The highest BCUT2D eigenvalue weighted by Crippen LogP contribution is 2.25. The van der Waals surface area contributed by atoms with Crippen molar-refractivity contribution in [1.29, 1.82) is 0 Å². The zero-order valence-corrected chi connectivity index (χ0v) is 18.2. The Bertz CT molecular complexity index is 1090. The van der Waals surface area contributed by atoms with E-state index in [1.165, 1.54) is 6.92 Å². The number of sulfone groups is 1. The molecule has 3 aromatic rings. The molecule has 0 saturated heterocycles. The third-order valence-corrected chi connectivity index (χ3v) is 7.21. The van der Waals surface area contributed by atoms with Crippen molar-refractivity contribution in [2.45, 2.75) is 36.0 Å². The van der Waals surface area contributed by atoms with Crippen LogP contribution in [0.3, 0.4) is 0 Å². The largest absolute Gasteiger partial charge is 0.457 e. The number of hydrogen-bond acceptors (Lipinski definition) is 4. The average molecular weight is 435 g/mol. The Morgan fingerprint density at radius 3 is 2.00 bits per heavy atom. The first-order valence-corrected chi connectivity index (χ1v) is 11.7. The molecule has 5 heteroatoms. The van der Waals surface area contributed by atoms with Gasteiger partial charge in [-0.15, -0.1) is 0 Å². The van der Waals surface area contributed by atoms with Crippen molar-refractivity contribution >= 4 is 21.9 Å². The van der Waals surface area contributed by atoms with E-state index in [1.807, 2.05) is 60.7 Å². The molecule has 31 heavy (non-hydrogen) atoms. The minimum Gasteiger partial charge on any atom is -0.457 e. The molecule has 0 saturated carbocycles. The molecule has 0 aromatic heterocycles. The predicted molar refractivity (Wildman–Crippen MR) is 123 cm³/mol. The number of hydrogen-bond donors (Lipinski definition) is 0. The lowest BCUT2D eigenvalue weighted by molar-refractivity contribution is -0.144. The van der Waals surface area contributed by atoms with Crippen LogP contribution < -0.4 is 0 Å². The number of carbonyl (C=O) groups is 1. The van der Waals surface area contributed by atoms with Gasteiger partial charge in [0, 0.05) is 6.92 Å². The summed E-state index contributed by atoms with van der Waals surface area (Å²) in [5.74, 6) is -0.518. The first-order chi connectivity index (χ1) is 15.0. The van der Waals surface area contributed by atoms with E-state index in [1.54, 1.807) is 42.5 Å². The maximum absolute atomic E-state index is 13.6. The summed E-state index contributed by atoms with van der Waals surface area (Å²) in [4.78, 5) is 12.1. The second-order valence-corrected chi connectivity index (χ2v) is 9.43. The predicted octanol–water partition coefficient (Wildman–Crippen LogP) is 5.11. The SMILES string of the molecule is CC(=O)OC(/C=C/c1ccccc1)C(CCc1ccccc1)S(=O)(=O)c1ccccc1. The minimum absolute atomic E-state index is 0.221. The first-order valence-electron chi connectivity index (χ1n) is 10.2. The topological polar surface area (TPSA) is 60.4 Å². The van der Waals surface area contributed by atoms with E-state index in [4.69, 9.17) is 4.74 Å². The van der Waals surface area contributed by atoms with E-state index in [2.05, 4.69) is 0 Å². The minimum atomic E-state index is -3.75. The highest BCUT2D eigenvalue weighted by atomic mass is 32.2. The van der Waals surface area contributed by atoms with Crippen LogP contribution in [0.15, 0.2) is 102 Å². The van der Waals surface area contributed by atoms with Gasteiger partial charge in [-0.3, -0.25) is 4.79 Å². The number of carbonyl (C=O) groups excluding carboxylic acids is 1. The fourth-order valence-electron chi connectivity index (χ4n) is 3.44. The number of benzene rings is 3. The van der Waals surface area contributed by atoms with Gasteiger partial charge in [0.2, 0.25) is 0 Å². The summed E-state index contributed by atoms with van der Waals surface area (Å²) < 4.78 is 32.7. The van der Waals surface area contributed by atoms with Crippen LogP contribution >= 0.6 is 0 Å². The molecular weight excluding hydrogens is 408 g/mol. The molecule has 0 bridgehead atoms. The normalized spacial score (nSPS) is 13.6. The summed E-state index contributed by atoms with van der Waals surface area (Å²) in [5.41, 5.74) is 1.93. The number of esters is 1. The smallest absolute Gasteiger partial charge is 0.303 e. The Hall–Kier alpha value is -3.18. The molecule has 2 unspecified atom stereocenters. The quantitative estimate of drug-likeness (QED) is 0.439. The van der Waals surface area contributed by atoms with E-state index in [0.717, 1.165) is 11.1 Å². The van der Waals surface area contributed by atoms with Gasteiger partial charge in [-0.25, -0.2) is 8.42 Å². The highest BCUT2D eigenvalue weighted by Gasteiger charge is 2.35. The molecule has 160 valence electrons. The molecule has 0 aliphatic rings. The van der Waals surface area contributed by atoms with Gasteiger partial charge in [-0.2, -0.15) is 0 Å². The molecule has 0 amide bonds. The molecule has 4 nitrogen and oxygen atoms in total. The molecule has 2 atom stereocenters. The summed E-state index contributed by atoms with van der Waals surface area (Å²) >= 11 is 0. The van der Waals surface area contributed by atoms with Crippen molar-refractivity contribution in [1.82, 2.24) is 0 Å². The first kappa shape index (κ1) is 22.5. The van der Waals surface area contributed by atoms with E-state index < -0.39 is 27.2 Å². The highest BCUT2D eigenvalue weighted by molar-refractivity contribution is 7.92. The van der Waals surface area contributed by atoms with Gasteiger partial charge < -0.3 is 4.74 Å². The molecule has 3 aromatic carbocycles. The zero-order valence-electron chi connectivity index (χ0n) is 17.4. The number of rotatable bonds is 9. The molecule has 0 aliphatic heterocycles. The fraction of sp³-hybridized carbons (Fsp3) is 0.192. The fourth-order valence-corrected chi connectivity index (χ4v) is 5.25. The number of aryl methyl sites for hydroxylation is 1. The van der Waals surface area contributed by atoms with Crippen LogP contribution in [0.4, 0.5) is 0 Å². The standard InChI is InChI=1S/C26H26O4S/c1-21(27)30-25(19-17-22-11-5-2-6-12-22)26(20-18-23-13-7-3-8-14-23)31(28,29)24-15-9-4-10-16-24/h2-17,19,25-26H,18,20H2,1H3/b19-17+. The van der Waals surface area contributed by atoms with E-state index >= 15 is 0 Å². The average Bonchev–Trinajstić information content (AvgIpc) is 2.79. The summed E-state index contributed by atoms with van der Waals surface area (Å²) in [6, 6.07) is 27.5. The van der Waals surface area contributed by atoms with Crippen LogP contribution in [0.2, 0.25) is 0 Å². The van der Waals surface area contributed by atoms with Crippen LogP contribution in [0.25, 0.3) is 6.08 Å². The van der Waals surface area contributed by atoms with Gasteiger partial charge >= 0.3 is 5.97 Å². The van der Waals surface area contributed by atoms with Gasteiger partial charge in [-0.05, 0) is 42.2 Å². The van der Waals surface area contributed by atoms with Gasteiger partial charge in [0.05, 0.1) is 4.90 Å². The summed E-state index contributed by atoms with van der Waals surface area (Å²) in [7, 11) is -3.75. The Morgan fingerprint density at radius 2 is 1.42 bits per heavy atom. The molecule has 0 spiro atoms. The van der Waals surface area contributed by atoms with Crippen molar-refractivity contribution < 1.29 is 17.9 Å². The van der Waals surface area contributed by atoms with Crippen LogP contribution in [0.1, 0.15) is 24.5 Å². The van der Waals surface area contributed by atoms with Crippen molar-refractivity contribution in [3.05, 3.63) is 108 Å². The Kier molecular flexibility index (Phi) is 7.79. The van der Waals surface area contributed by atoms with Crippen LogP contribution in [0, 0.1) is 0 Å². The molecule has 0 fully saturated rings. The summed E-state index contributed by atoms with van der Waals surface area (Å²) in [5, 5.41) is -0.918. The number of ether oxygens (including phenoxy) is 1. The lowest BCUT2D eigenvalue weighted by Crippen LogP contribution is -2.36. The molecule has 0 aliphatic carbocycles. The lowest BCUT2D eigenvalue weighted by atomic mass is 10.0. The van der Waals surface area contributed by atoms with E-state index in [-0.39, 0.29) is 4.90 Å². The molecule has 0 heterocycles. The maximum Gasteiger partial charge on any atom is 0.303 e. The van der Waals surface area contributed by atoms with E-state index in [9.17, 15) is 13.2 Å². The Balaban J connectivity index is 1.97. The van der Waals surface area contributed by atoms with Crippen molar-refractivity contribution in [3.8, 4) is 0 Å². The third kappa shape index (κ3) is 6.40. The second kappa shape index (κ2) is 10.7. The van der Waals surface area contributed by atoms with Crippen molar-refractivity contribution in [2.75, 3.05) is 0 Å². The molecular formula is C26H26O4S. The Labute approximate surface area is 184 Å². The zero-order chi connectivity index (χ0) is 22.1. The molecule has 3 rings (SSSR count). The van der Waals surface area contributed by atoms with Crippen molar-refractivity contribution in [3.63, 3.8) is 0 Å². The van der Waals surface area contributed by atoms with Crippen LogP contribution in [-0.4, -0.2) is 25.7 Å². The summed E-state index contributed by atoms with van der Waals surface area (Å²) in [6.07, 6.45) is 3.43. The molecule has 0 radical (unpaired) electrons. The maximum atomic E-state index is 13.6. The van der Waals surface area contributed by atoms with Gasteiger partial charge in [0.1, 0.15) is 11.4 Å². The third-order valence-electron chi connectivity index (χ3n) is 4.98. The van der Waals surface area contributed by atoms with Crippen LogP contribution in [0.5, 0.6) is 0 Å². The molecule has 0 N–H and O–H groups in total. The monoisotopic (exact) mass is 434 g/mol. The van der Waals surface area contributed by atoms with Gasteiger partial charge in [0.25, 0.3) is 0 Å². The Morgan fingerprint density at radius 1 is 0.871 bits per heavy atom.